The molecular formula is C47H85O9P. The molecule has 0 rings (SSSR count). The van der Waals surface area contributed by atoms with Crippen LogP contribution < -0.4 is 0 Å². The number of phosphoric ester groups is 1. The van der Waals surface area contributed by atoms with Crippen molar-refractivity contribution < 1.29 is 43.0 Å². The lowest BCUT2D eigenvalue weighted by molar-refractivity contribution is -0.154. The second-order valence-electron chi connectivity index (χ2n) is 15.1. The first-order chi connectivity index (χ1) is 27.8. The lowest BCUT2D eigenvalue weighted by Crippen LogP contribution is -2.29. The molecule has 3 atom stereocenters. The Morgan fingerprint density at radius 1 is 0.544 bits per heavy atom. The van der Waals surface area contributed by atoms with Crippen molar-refractivity contribution in [1.29, 1.82) is 0 Å². The van der Waals surface area contributed by atoms with Gasteiger partial charge in [-0.05, 0) is 83.5 Å². The molecule has 0 aromatic rings. The van der Waals surface area contributed by atoms with Crippen LogP contribution >= 0.6 is 7.82 Å². The summed E-state index contributed by atoms with van der Waals surface area (Å²) >= 11 is 0. The minimum Gasteiger partial charge on any atom is -0.457 e. The van der Waals surface area contributed by atoms with E-state index in [9.17, 15) is 19.4 Å². The molecule has 0 radical (unpaired) electrons. The second-order valence-corrected chi connectivity index (χ2v) is 16.5. The minimum absolute atomic E-state index is 0.0344. The van der Waals surface area contributed by atoms with Crippen LogP contribution in [-0.2, 0) is 27.9 Å². The number of phosphoric acid groups is 1. The molecule has 0 spiro atoms. The van der Waals surface area contributed by atoms with E-state index in [-0.39, 0.29) is 19.6 Å². The number of rotatable bonds is 43. The predicted octanol–water partition coefficient (Wildman–Crippen LogP) is 12.8. The average Bonchev–Trinajstić information content (AvgIpc) is 3.20. The molecule has 0 heterocycles. The Balaban J connectivity index is 4.21. The third kappa shape index (κ3) is 43.6. The molecule has 3 unspecified atom stereocenters. The van der Waals surface area contributed by atoms with Crippen molar-refractivity contribution in [2.24, 2.45) is 0 Å². The first kappa shape index (κ1) is 55.2. The quantitative estimate of drug-likeness (QED) is 0.0238. The van der Waals surface area contributed by atoms with Crippen LogP contribution in [0.2, 0.25) is 0 Å². The van der Waals surface area contributed by atoms with Gasteiger partial charge in [0.15, 0.2) is 0 Å². The fourth-order valence-electron chi connectivity index (χ4n) is 5.92. The van der Waals surface area contributed by atoms with Gasteiger partial charge >= 0.3 is 13.8 Å². The van der Waals surface area contributed by atoms with Crippen molar-refractivity contribution in [1.82, 2.24) is 0 Å². The van der Waals surface area contributed by atoms with Crippen molar-refractivity contribution in [2.75, 3.05) is 33.0 Å². The number of unbranched alkanes of at least 4 members (excludes halogenated alkanes) is 19. The third-order valence-corrected chi connectivity index (χ3v) is 10.4. The molecule has 0 saturated carbocycles. The van der Waals surface area contributed by atoms with Crippen molar-refractivity contribution in [3.8, 4) is 0 Å². The molecule has 0 saturated heterocycles. The fraction of sp³-hybridized carbons (Fsp3) is 0.766. The molecule has 0 aliphatic rings. The van der Waals surface area contributed by atoms with Crippen molar-refractivity contribution in [3.63, 3.8) is 0 Å². The number of hydrogen-bond acceptors (Lipinski definition) is 8. The lowest BCUT2D eigenvalue weighted by Gasteiger charge is -2.20. The third-order valence-electron chi connectivity index (χ3n) is 9.43. The van der Waals surface area contributed by atoms with Gasteiger partial charge in [-0.25, -0.2) is 4.57 Å². The Labute approximate surface area is 349 Å². The summed E-state index contributed by atoms with van der Waals surface area (Å²) < 4.78 is 33.4. The van der Waals surface area contributed by atoms with E-state index >= 15 is 0 Å². The monoisotopic (exact) mass is 825 g/mol. The topological polar surface area (TPSA) is 132 Å². The Kier molecular flexibility index (Phi) is 42.3. The molecule has 0 aromatic heterocycles. The van der Waals surface area contributed by atoms with Crippen LogP contribution in [0.5, 0.6) is 0 Å². The summed E-state index contributed by atoms with van der Waals surface area (Å²) in [5.74, 6) is -0.400. The van der Waals surface area contributed by atoms with Crippen molar-refractivity contribution >= 4 is 13.8 Å². The number of hydrogen-bond donors (Lipinski definition) is 3. The van der Waals surface area contributed by atoms with Crippen LogP contribution in [0.4, 0.5) is 0 Å². The predicted molar refractivity (Wildman–Crippen MR) is 237 cm³/mol. The minimum atomic E-state index is -4.53. The summed E-state index contributed by atoms with van der Waals surface area (Å²) in [6.45, 7) is 3.43. The summed E-state index contributed by atoms with van der Waals surface area (Å²) in [4.78, 5) is 22.6. The molecule has 0 aliphatic carbocycles. The molecule has 332 valence electrons. The first-order valence-corrected chi connectivity index (χ1v) is 24.3. The van der Waals surface area contributed by atoms with Crippen LogP contribution in [0.25, 0.3) is 0 Å². The van der Waals surface area contributed by atoms with Crippen molar-refractivity contribution in [3.05, 3.63) is 60.8 Å². The van der Waals surface area contributed by atoms with Crippen LogP contribution in [0.3, 0.4) is 0 Å². The Morgan fingerprint density at radius 2 is 0.947 bits per heavy atom. The summed E-state index contributed by atoms with van der Waals surface area (Å²) in [5, 5.41) is 18.4. The van der Waals surface area contributed by atoms with Gasteiger partial charge in [-0.2, -0.15) is 0 Å². The number of allylic oxidation sites excluding steroid dienone is 10. The maximum absolute atomic E-state index is 12.6. The molecule has 0 fully saturated rings. The number of aliphatic hydroxyl groups excluding tert-OH is 2. The van der Waals surface area contributed by atoms with E-state index in [0.29, 0.717) is 13.0 Å². The molecule has 3 N–H and O–H groups in total. The van der Waals surface area contributed by atoms with E-state index < -0.39 is 39.2 Å². The normalized spacial score (nSPS) is 14.5. The molecule has 9 nitrogen and oxygen atoms in total. The molecule has 0 bridgehead atoms. The van der Waals surface area contributed by atoms with Gasteiger partial charge in [0.1, 0.15) is 12.2 Å². The van der Waals surface area contributed by atoms with Gasteiger partial charge in [-0.15, -0.1) is 0 Å². The second kappa shape index (κ2) is 43.7. The molecule has 10 heteroatoms. The molecule has 0 aliphatic heterocycles. The van der Waals surface area contributed by atoms with Gasteiger partial charge in [-0.3, -0.25) is 13.8 Å². The molecule has 57 heavy (non-hydrogen) atoms. The zero-order valence-corrected chi connectivity index (χ0v) is 37.2. The Hall–Kier alpha value is -1.84. The van der Waals surface area contributed by atoms with Gasteiger partial charge in [-0.1, -0.05) is 158 Å². The smallest absolute Gasteiger partial charge is 0.457 e. The highest BCUT2D eigenvalue weighted by Crippen LogP contribution is 2.43. The van der Waals surface area contributed by atoms with Crippen LogP contribution in [0.1, 0.15) is 187 Å². The number of carbonyl (C=O) groups is 1. The maximum atomic E-state index is 12.6. The number of esters is 1. The van der Waals surface area contributed by atoms with E-state index in [0.717, 1.165) is 83.5 Å². The zero-order valence-electron chi connectivity index (χ0n) is 36.3. The van der Waals surface area contributed by atoms with Crippen molar-refractivity contribution in [2.45, 2.75) is 199 Å². The van der Waals surface area contributed by atoms with E-state index in [2.05, 4.69) is 74.6 Å². The highest BCUT2D eigenvalue weighted by atomic mass is 31.2. The SMILES string of the molecule is CCCCC/C=C\C/C=C\C/C=C\CCCCCCCCC(=O)OC(COCCCCCCCC/C=C\C/C=C\CCCCCC)COP(=O)(O)OCC(O)CO. The lowest BCUT2D eigenvalue weighted by atomic mass is 10.1. The average molecular weight is 825 g/mol. The van der Waals surface area contributed by atoms with Crippen LogP contribution in [0, 0.1) is 0 Å². The van der Waals surface area contributed by atoms with Crippen LogP contribution in [0.15, 0.2) is 60.8 Å². The maximum Gasteiger partial charge on any atom is 0.472 e. The van der Waals surface area contributed by atoms with E-state index in [4.69, 9.17) is 23.6 Å². The molecule has 0 aromatic carbocycles. The van der Waals surface area contributed by atoms with E-state index in [1.54, 1.807) is 0 Å². The highest BCUT2D eigenvalue weighted by Gasteiger charge is 2.26. The molecular weight excluding hydrogens is 739 g/mol. The summed E-state index contributed by atoms with van der Waals surface area (Å²) in [7, 11) is -4.53. The molecule has 0 amide bonds. The van der Waals surface area contributed by atoms with Gasteiger partial charge < -0.3 is 24.6 Å². The number of aliphatic hydroxyl groups is 2. The van der Waals surface area contributed by atoms with Gasteiger partial charge in [0, 0.05) is 13.0 Å². The summed E-state index contributed by atoms with van der Waals surface area (Å²) in [6, 6.07) is 0. The summed E-state index contributed by atoms with van der Waals surface area (Å²) in [5.41, 5.74) is 0. The van der Waals surface area contributed by atoms with Gasteiger partial charge in [0.2, 0.25) is 0 Å². The Bertz CT molecular complexity index is 1070. The van der Waals surface area contributed by atoms with Crippen LogP contribution in [-0.4, -0.2) is 66.3 Å². The van der Waals surface area contributed by atoms with E-state index in [1.165, 1.54) is 77.0 Å². The fourth-order valence-corrected chi connectivity index (χ4v) is 6.71. The zero-order chi connectivity index (χ0) is 41.8. The van der Waals surface area contributed by atoms with E-state index in [1.807, 2.05) is 0 Å². The summed E-state index contributed by atoms with van der Waals surface area (Å²) in [6.07, 6.45) is 50.3. The largest absolute Gasteiger partial charge is 0.472 e. The van der Waals surface area contributed by atoms with Gasteiger partial charge in [0.25, 0.3) is 0 Å². The number of carbonyl (C=O) groups excluding carboxylic acids is 1. The standard InChI is InChI=1S/C47H85O9P/c1-3-5-7-9-11-13-15-17-19-21-22-23-25-27-29-31-33-35-37-39-47(50)56-46(44-55-57(51,52)54-42-45(49)41-48)43-53-40-38-36-34-32-30-28-26-24-20-18-16-14-12-10-8-6-4-2/h11,13-14,16-17,19-20,22-24,45-46,48-49H,3-10,12,15,18,21,25-44H2,1-2H3,(H,51,52)/b13-11-,16-14-,19-17-,23-22-,24-20-. The van der Waals surface area contributed by atoms with Gasteiger partial charge in [0.05, 0.1) is 26.4 Å². The highest BCUT2D eigenvalue weighted by molar-refractivity contribution is 7.47. The number of ether oxygens (including phenoxy) is 2. The Morgan fingerprint density at radius 3 is 1.46 bits per heavy atom. The first-order valence-electron chi connectivity index (χ1n) is 22.8.